The Labute approximate surface area is 139 Å². The van der Waals surface area contributed by atoms with Gasteiger partial charge in [0.25, 0.3) is 0 Å². The lowest BCUT2D eigenvalue weighted by Crippen LogP contribution is -2.20. The molecule has 0 saturated heterocycles. The third-order valence-electron chi connectivity index (χ3n) is 3.54. The number of ether oxygens (including phenoxy) is 1. The Hall–Kier alpha value is -2.47. The van der Waals surface area contributed by atoms with Crippen LogP contribution in [0.4, 0.5) is 25.0 Å². The SMILES string of the molecule is CCOC(C)c1ccc(NC(=O)Nc2ccc(F)c(C)c2)c(F)c1. The Balaban J connectivity index is 2.04. The van der Waals surface area contributed by atoms with Crippen molar-refractivity contribution < 1.29 is 18.3 Å². The Bertz CT molecular complexity index is 735. The smallest absolute Gasteiger partial charge is 0.323 e. The maximum absolute atomic E-state index is 14.1. The van der Waals surface area contributed by atoms with Crippen LogP contribution in [-0.2, 0) is 4.74 Å². The summed E-state index contributed by atoms with van der Waals surface area (Å²) in [6, 6.07) is 8.10. The van der Waals surface area contributed by atoms with E-state index in [0.717, 1.165) is 0 Å². The molecule has 0 saturated carbocycles. The molecule has 0 radical (unpaired) electrons. The number of benzene rings is 2. The molecule has 1 unspecified atom stereocenters. The fourth-order valence-electron chi connectivity index (χ4n) is 2.24. The van der Waals surface area contributed by atoms with Crippen LogP contribution >= 0.6 is 0 Å². The van der Waals surface area contributed by atoms with E-state index in [-0.39, 0.29) is 17.6 Å². The molecule has 0 spiro atoms. The number of hydrogen-bond donors (Lipinski definition) is 2. The fraction of sp³-hybridized carbons (Fsp3) is 0.278. The zero-order valence-electron chi connectivity index (χ0n) is 13.8. The monoisotopic (exact) mass is 334 g/mol. The van der Waals surface area contributed by atoms with E-state index in [2.05, 4.69) is 10.6 Å². The van der Waals surface area contributed by atoms with Crippen molar-refractivity contribution in [2.24, 2.45) is 0 Å². The molecule has 0 fully saturated rings. The van der Waals surface area contributed by atoms with Crippen LogP contribution < -0.4 is 10.6 Å². The van der Waals surface area contributed by atoms with Crippen LogP contribution in [0.25, 0.3) is 0 Å². The molecule has 2 aromatic rings. The second kappa shape index (κ2) is 7.88. The lowest BCUT2D eigenvalue weighted by molar-refractivity contribution is 0.0762. The number of carbonyl (C=O) groups is 1. The van der Waals surface area contributed by atoms with Gasteiger partial charge >= 0.3 is 6.03 Å². The third-order valence-corrected chi connectivity index (χ3v) is 3.54. The molecule has 24 heavy (non-hydrogen) atoms. The van der Waals surface area contributed by atoms with Crippen molar-refractivity contribution in [3.63, 3.8) is 0 Å². The number of hydrogen-bond acceptors (Lipinski definition) is 2. The van der Waals surface area contributed by atoms with Crippen LogP contribution in [0.15, 0.2) is 36.4 Å². The van der Waals surface area contributed by atoms with Crippen LogP contribution in [0.5, 0.6) is 0 Å². The molecule has 4 nitrogen and oxygen atoms in total. The Morgan fingerprint density at radius 3 is 2.50 bits per heavy atom. The summed E-state index contributed by atoms with van der Waals surface area (Å²) in [5, 5.41) is 4.97. The van der Waals surface area contributed by atoms with Gasteiger partial charge in [-0.25, -0.2) is 13.6 Å². The summed E-state index contributed by atoms with van der Waals surface area (Å²) in [5.74, 6) is -0.907. The third kappa shape index (κ3) is 4.52. The number of amides is 2. The maximum atomic E-state index is 14.1. The van der Waals surface area contributed by atoms with Crippen molar-refractivity contribution in [3.8, 4) is 0 Å². The second-order valence-corrected chi connectivity index (χ2v) is 5.38. The average Bonchev–Trinajstić information content (AvgIpc) is 2.53. The number of rotatable bonds is 5. The van der Waals surface area contributed by atoms with Gasteiger partial charge in [0.05, 0.1) is 11.8 Å². The van der Waals surface area contributed by atoms with E-state index in [4.69, 9.17) is 4.74 Å². The first-order valence-corrected chi connectivity index (χ1v) is 7.66. The van der Waals surface area contributed by atoms with Gasteiger partial charge in [-0.15, -0.1) is 0 Å². The van der Waals surface area contributed by atoms with Gasteiger partial charge in [-0.3, -0.25) is 0 Å². The standard InChI is InChI=1S/C18H20F2N2O2/c1-4-24-12(3)13-5-8-17(16(20)10-13)22-18(23)21-14-6-7-15(19)11(2)9-14/h5-10,12H,4H2,1-3H3,(H2,21,22,23). The lowest BCUT2D eigenvalue weighted by Gasteiger charge is -2.14. The number of anilines is 2. The molecule has 0 aliphatic rings. The lowest BCUT2D eigenvalue weighted by atomic mass is 10.1. The molecule has 2 amide bonds. The van der Waals surface area contributed by atoms with Crippen molar-refractivity contribution in [1.29, 1.82) is 0 Å². The number of nitrogens with one attached hydrogen (secondary N) is 2. The molecule has 0 aromatic heterocycles. The van der Waals surface area contributed by atoms with E-state index in [1.54, 1.807) is 13.0 Å². The molecule has 2 rings (SSSR count). The van der Waals surface area contributed by atoms with E-state index < -0.39 is 11.8 Å². The van der Waals surface area contributed by atoms with Gasteiger partial charge in [-0.05, 0) is 62.2 Å². The fourth-order valence-corrected chi connectivity index (χ4v) is 2.24. The molecule has 0 bridgehead atoms. The van der Waals surface area contributed by atoms with Crippen molar-refractivity contribution in [2.45, 2.75) is 26.9 Å². The molecular formula is C18H20F2N2O2. The molecule has 128 valence electrons. The van der Waals surface area contributed by atoms with Crippen LogP contribution in [0.3, 0.4) is 0 Å². The summed E-state index contributed by atoms with van der Waals surface area (Å²) in [5.41, 5.74) is 1.58. The Kier molecular flexibility index (Phi) is 5.87. The first-order valence-electron chi connectivity index (χ1n) is 7.66. The van der Waals surface area contributed by atoms with E-state index in [0.29, 0.717) is 23.4 Å². The molecule has 1 atom stereocenters. The highest BCUT2D eigenvalue weighted by atomic mass is 19.1. The molecule has 0 aliphatic heterocycles. The summed E-state index contributed by atoms with van der Waals surface area (Å²) < 4.78 is 32.7. The average molecular weight is 334 g/mol. The van der Waals surface area contributed by atoms with Crippen molar-refractivity contribution in [1.82, 2.24) is 0 Å². The topological polar surface area (TPSA) is 50.4 Å². The van der Waals surface area contributed by atoms with Crippen LogP contribution in [0.2, 0.25) is 0 Å². The Morgan fingerprint density at radius 1 is 1.12 bits per heavy atom. The summed E-state index contributed by atoms with van der Waals surface area (Å²) in [6.45, 7) is 5.82. The van der Waals surface area contributed by atoms with Crippen molar-refractivity contribution in [2.75, 3.05) is 17.2 Å². The largest absolute Gasteiger partial charge is 0.374 e. The maximum Gasteiger partial charge on any atom is 0.323 e. The van der Waals surface area contributed by atoms with E-state index in [1.165, 1.54) is 30.3 Å². The van der Waals surface area contributed by atoms with Crippen LogP contribution in [0, 0.1) is 18.6 Å². The number of carbonyl (C=O) groups excluding carboxylic acids is 1. The van der Waals surface area contributed by atoms with E-state index in [1.807, 2.05) is 13.8 Å². The van der Waals surface area contributed by atoms with Gasteiger partial charge in [-0.2, -0.15) is 0 Å². The van der Waals surface area contributed by atoms with Gasteiger partial charge in [-0.1, -0.05) is 6.07 Å². The predicted octanol–water partition coefficient (Wildman–Crippen LogP) is 5.01. The minimum atomic E-state index is -0.606. The zero-order valence-corrected chi connectivity index (χ0v) is 13.8. The minimum Gasteiger partial charge on any atom is -0.374 e. The number of aryl methyl sites for hydroxylation is 1. The molecule has 0 aliphatic carbocycles. The summed E-state index contributed by atoms with van der Waals surface area (Å²) in [4.78, 5) is 11.9. The molecular weight excluding hydrogens is 314 g/mol. The molecule has 0 heterocycles. The zero-order chi connectivity index (χ0) is 17.7. The summed E-state index contributed by atoms with van der Waals surface area (Å²) >= 11 is 0. The quantitative estimate of drug-likeness (QED) is 0.807. The number of halogens is 2. The van der Waals surface area contributed by atoms with E-state index in [9.17, 15) is 13.6 Å². The van der Waals surface area contributed by atoms with Gasteiger partial charge in [0.2, 0.25) is 0 Å². The number of urea groups is 1. The van der Waals surface area contributed by atoms with Crippen molar-refractivity contribution >= 4 is 17.4 Å². The molecule has 2 N–H and O–H groups in total. The van der Waals surface area contributed by atoms with Gasteiger partial charge in [0.1, 0.15) is 11.6 Å². The van der Waals surface area contributed by atoms with Gasteiger partial charge < -0.3 is 15.4 Å². The first kappa shape index (κ1) is 17.9. The van der Waals surface area contributed by atoms with Crippen LogP contribution in [-0.4, -0.2) is 12.6 Å². The minimum absolute atomic E-state index is 0.0544. The van der Waals surface area contributed by atoms with Gasteiger partial charge in [0, 0.05) is 12.3 Å². The second-order valence-electron chi connectivity index (χ2n) is 5.38. The summed E-state index contributed by atoms with van der Waals surface area (Å²) in [7, 11) is 0. The normalized spacial score (nSPS) is 11.9. The van der Waals surface area contributed by atoms with E-state index >= 15 is 0 Å². The first-order chi connectivity index (χ1) is 11.4. The highest BCUT2D eigenvalue weighted by Crippen LogP contribution is 2.23. The highest BCUT2D eigenvalue weighted by Gasteiger charge is 2.11. The summed E-state index contributed by atoms with van der Waals surface area (Å²) in [6.07, 6.45) is -0.227. The molecule has 6 heteroatoms. The van der Waals surface area contributed by atoms with Gasteiger partial charge in [0.15, 0.2) is 0 Å². The Morgan fingerprint density at radius 2 is 1.88 bits per heavy atom. The predicted molar refractivity (Wildman–Crippen MR) is 90.2 cm³/mol. The van der Waals surface area contributed by atoms with Crippen molar-refractivity contribution in [3.05, 3.63) is 59.2 Å². The highest BCUT2D eigenvalue weighted by molar-refractivity contribution is 5.99. The van der Waals surface area contributed by atoms with Crippen LogP contribution in [0.1, 0.15) is 31.1 Å². The molecule has 2 aromatic carbocycles.